The van der Waals surface area contributed by atoms with Crippen molar-refractivity contribution in [1.82, 2.24) is 5.43 Å². The molecule has 0 saturated heterocycles. The predicted molar refractivity (Wildman–Crippen MR) is 129 cm³/mol. The van der Waals surface area contributed by atoms with Gasteiger partial charge in [0.25, 0.3) is 0 Å². The lowest BCUT2D eigenvalue weighted by Crippen LogP contribution is -2.32. The van der Waals surface area contributed by atoms with Gasteiger partial charge in [-0.3, -0.25) is 9.59 Å². The van der Waals surface area contributed by atoms with Crippen LogP contribution in [0.25, 0.3) is 0 Å². The van der Waals surface area contributed by atoms with E-state index in [1.165, 1.54) is 6.21 Å². The maximum absolute atomic E-state index is 12.0. The number of hydrogen-bond acceptors (Lipinski definition) is 5. The Morgan fingerprint density at radius 2 is 1.73 bits per heavy atom. The van der Waals surface area contributed by atoms with Crippen molar-refractivity contribution < 1.29 is 19.1 Å². The van der Waals surface area contributed by atoms with Crippen LogP contribution >= 0.6 is 11.6 Å². The quantitative estimate of drug-likeness (QED) is 0.210. The second kappa shape index (κ2) is 12.1. The van der Waals surface area contributed by atoms with Crippen molar-refractivity contribution in [1.29, 1.82) is 0 Å². The Hall–Kier alpha value is -4.10. The van der Waals surface area contributed by atoms with E-state index in [1.54, 1.807) is 60.7 Å². The van der Waals surface area contributed by atoms with E-state index in [0.29, 0.717) is 41.0 Å². The zero-order chi connectivity index (χ0) is 23.5. The monoisotopic (exact) mass is 463 g/mol. The molecule has 0 radical (unpaired) electrons. The average Bonchev–Trinajstić information content (AvgIpc) is 2.83. The van der Waals surface area contributed by atoms with Crippen LogP contribution in [0.4, 0.5) is 5.69 Å². The number of nitrogens with one attached hydrogen (secondary N) is 2. The van der Waals surface area contributed by atoms with Gasteiger partial charge in [0.1, 0.15) is 24.7 Å². The number of benzene rings is 3. The highest BCUT2D eigenvalue weighted by atomic mass is 35.5. The molecule has 3 rings (SSSR count). The Morgan fingerprint density at radius 1 is 0.939 bits per heavy atom. The van der Waals surface area contributed by atoms with E-state index >= 15 is 0 Å². The van der Waals surface area contributed by atoms with E-state index in [1.807, 2.05) is 18.2 Å². The molecule has 0 aliphatic carbocycles. The molecule has 2 N–H and O–H groups in total. The van der Waals surface area contributed by atoms with Gasteiger partial charge in [0.2, 0.25) is 0 Å². The van der Waals surface area contributed by atoms with Crippen LogP contribution in [0, 0.1) is 0 Å². The molecule has 0 aliphatic heterocycles. The average molecular weight is 464 g/mol. The van der Waals surface area contributed by atoms with Crippen molar-refractivity contribution in [2.45, 2.75) is 6.61 Å². The van der Waals surface area contributed by atoms with Gasteiger partial charge in [-0.05, 0) is 48.0 Å². The Bertz CT molecular complexity index is 1150. The fraction of sp³-hybridized carbons (Fsp3) is 0.0800. The third kappa shape index (κ3) is 7.52. The van der Waals surface area contributed by atoms with Crippen LogP contribution in [0.2, 0.25) is 5.02 Å². The maximum Gasteiger partial charge on any atom is 0.329 e. The molecular weight excluding hydrogens is 442 g/mol. The van der Waals surface area contributed by atoms with Crippen molar-refractivity contribution >= 4 is 35.3 Å². The van der Waals surface area contributed by atoms with E-state index in [-0.39, 0.29) is 0 Å². The number of halogens is 1. The zero-order valence-electron chi connectivity index (χ0n) is 17.7. The standard InChI is InChI=1S/C25H22ClN3O4/c1-2-14-32-21-12-10-20(11-13-21)28-24(30)25(31)29-27-16-18-6-5-8-22(15-18)33-17-19-7-3-4-9-23(19)26/h2-13,15-16H,1,14,17H2,(H,28,30)(H,29,31)/b27-16-. The van der Waals surface area contributed by atoms with E-state index in [4.69, 9.17) is 21.1 Å². The Kier molecular flexibility index (Phi) is 8.62. The summed E-state index contributed by atoms with van der Waals surface area (Å²) in [7, 11) is 0. The largest absolute Gasteiger partial charge is 0.490 e. The molecule has 168 valence electrons. The summed E-state index contributed by atoms with van der Waals surface area (Å²) in [6, 6.07) is 21.2. The van der Waals surface area contributed by atoms with Crippen LogP contribution in [0.1, 0.15) is 11.1 Å². The van der Waals surface area contributed by atoms with E-state index in [0.717, 1.165) is 5.56 Å². The van der Waals surface area contributed by atoms with Gasteiger partial charge >= 0.3 is 11.8 Å². The third-order valence-electron chi connectivity index (χ3n) is 4.28. The molecule has 0 unspecified atom stereocenters. The topological polar surface area (TPSA) is 89.0 Å². The lowest BCUT2D eigenvalue weighted by atomic mass is 10.2. The molecular formula is C25H22ClN3O4. The van der Waals surface area contributed by atoms with Crippen molar-refractivity contribution in [2.24, 2.45) is 5.10 Å². The van der Waals surface area contributed by atoms with Crippen LogP contribution in [0.15, 0.2) is 90.6 Å². The van der Waals surface area contributed by atoms with E-state index < -0.39 is 11.8 Å². The third-order valence-corrected chi connectivity index (χ3v) is 4.64. The first-order chi connectivity index (χ1) is 16.0. The first kappa shape index (κ1) is 23.6. The van der Waals surface area contributed by atoms with Crippen molar-refractivity contribution in [3.63, 3.8) is 0 Å². The normalized spacial score (nSPS) is 10.5. The number of anilines is 1. The molecule has 2 amide bonds. The summed E-state index contributed by atoms with van der Waals surface area (Å²) in [6.07, 6.45) is 3.05. The number of rotatable bonds is 9. The van der Waals surface area contributed by atoms with Gasteiger partial charge in [-0.2, -0.15) is 5.10 Å². The first-order valence-corrected chi connectivity index (χ1v) is 10.4. The van der Waals surface area contributed by atoms with Gasteiger partial charge in [0, 0.05) is 16.3 Å². The Morgan fingerprint density at radius 3 is 2.48 bits per heavy atom. The summed E-state index contributed by atoms with van der Waals surface area (Å²) in [4.78, 5) is 24.0. The molecule has 33 heavy (non-hydrogen) atoms. The highest BCUT2D eigenvalue weighted by Gasteiger charge is 2.12. The molecule has 0 bridgehead atoms. The molecule has 7 nitrogen and oxygen atoms in total. The zero-order valence-corrected chi connectivity index (χ0v) is 18.4. The van der Waals surface area contributed by atoms with Gasteiger partial charge in [0.05, 0.1) is 6.21 Å². The number of carbonyl (C=O) groups excluding carboxylic acids is 2. The van der Waals surface area contributed by atoms with Crippen molar-refractivity contribution in [3.8, 4) is 11.5 Å². The Balaban J connectivity index is 1.49. The minimum atomic E-state index is -0.899. The van der Waals surface area contributed by atoms with Crippen LogP contribution in [-0.2, 0) is 16.2 Å². The molecule has 0 saturated carbocycles. The molecule has 0 aromatic heterocycles. The van der Waals surface area contributed by atoms with E-state index in [9.17, 15) is 9.59 Å². The molecule has 3 aromatic carbocycles. The first-order valence-electron chi connectivity index (χ1n) is 9.99. The Labute approximate surface area is 196 Å². The van der Waals surface area contributed by atoms with Crippen molar-refractivity contribution in [2.75, 3.05) is 11.9 Å². The highest BCUT2D eigenvalue weighted by Crippen LogP contribution is 2.19. The van der Waals surface area contributed by atoms with Crippen LogP contribution in [0.5, 0.6) is 11.5 Å². The fourth-order valence-electron chi connectivity index (χ4n) is 2.65. The summed E-state index contributed by atoms with van der Waals surface area (Å²) in [5, 5.41) is 6.95. The number of amides is 2. The predicted octanol–water partition coefficient (Wildman–Crippen LogP) is 4.57. The number of carbonyl (C=O) groups is 2. The minimum Gasteiger partial charge on any atom is -0.490 e. The smallest absolute Gasteiger partial charge is 0.329 e. The second-order valence-corrected chi connectivity index (χ2v) is 7.14. The van der Waals surface area contributed by atoms with Crippen molar-refractivity contribution in [3.05, 3.63) is 102 Å². The number of ether oxygens (including phenoxy) is 2. The molecule has 8 heteroatoms. The summed E-state index contributed by atoms with van der Waals surface area (Å²) in [5.41, 5.74) is 4.21. The fourth-order valence-corrected chi connectivity index (χ4v) is 2.85. The molecule has 0 fully saturated rings. The maximum atomic E-state index is 12.0. The van der Waals surface area contributed by atoms with Crippen LogP contribution in [0.3, 0.4) is 0 Å². The number of nitrogens with zero attached hydrogens (tertiary/aromatic N) is 1. The lowest BCUT2D eigenvalue weighted by Gasteiger charge is -2.08. The second-order valence-electron chi connectivity index (χ2n) is 6.73. The SMILES string of the molecule is C=CCOc1ccc(NC(=O)C(=O)N/N=C\c2cccc(OCc3ccccc3Cl)c2)cc1. The number of hydrogen-bond donors (Lipinski definition) is 2. The molecule has 0 heterocycles. The minimum absolute atomic E-state index is 0.318. The summed E-state index contributed by atoms with van der Waals surface area (Å²) in [5.74, 6) is -0.503. The summed E-state index contributed by atoms with van der Waals surface area (Å²) in [6.45, 7) is 4.27. The lowest BCUT2D eigenvalue weighted by molar-refractivity contribution is -0.136. The number of hydrazone groups is 1. The van der Waals surface area contributed by atoms with E-state index in [2.05, 4.69) is 22.4 Å². The van der Waals surface area contributed by atoms with Gasteiger partial charge in [-0.25, -0.2) is 5.43 Å². The molecule has 3 aromatic rings. The summed E-state index contributed by atoms with van der Waals surface area (Å²) < 4.78 is 11.1. The van der Waals surface area contributed by atoms with Crippen LogP contribution in [-0.4, -0.2) is 24.6 Å². The molecule has 0 spiro atoms. The molecule has 0 atom stereocenters. The van der Waals surface area contributed by atoms with Gasteiger partial charge in [-0.1, -0.05) is 54.6 Å². The summed E-state index contributed by atoms with van der Waals surface area (Å²) >= 11 is 6.14. The highest BCUT2D eigenvalue weighted by molar-refractivity contribution is 6.39. The van der Waals surface area contributed by atoms with Gasteiger partial charge < -0.3 is 14.8 Å². The van der Waals surface area contributed by atoms with Gasteiger partial charge in [-0.15, -0.1) is 0 Å². The molecule has 0 aliphatic rings. The van der Waals surface area contributed by atoms with Gasteiger partial charge in [0.15, 0.2) is 0 Å². The van der Waals surface area contributed by atoms with Crippen LogP contribution < -0.4 is 20.2 Å².